The lowest BCUT2D eigenvalue weighted by molar-refractivity contribution is -0.117. The van der Waals surface area contributed by atoms with Gasteiger partial charge in [-0.3, -0.25) is 14.4 Å². The number of benzene rings is 2. The maximum absolute atomic E-state index is 12.5. The Labute approximate surface area is 164 Å². The molecule has 1 aromatic heterocycles. The number of H-pyrrole nitrogens is 1. The van der Waals surface area contributed by atoms with E-state index in [9.17, 15) is 14.4 Å². The smallest absolute Gasteiger partial charge is 0.292 e. The van der Waals surface area contributed by atoms with E-state index < -0.39 is 11.7 Å². The van der Waals surface area contributed by atoms with E-state index in [-0.39, 0.29) is 11.5 Å². The number of ketones is 1. The molecule has 7 heteroatoms. The summed E-state index contributed by atoms with van der Waals surface area (Å²) in [7, 11) is 0. The Morgan fingerprint density at radius 2 is 1.89 bits per heavy atom. The molecule has 0 radical (unpaired) electrons. The molecule has 2 aromatic carbocycles. The molecule has 0 bridgehead atoms. The van der Waals surface area contributed by atoms with Crippen molar-refractivity contribution in [1.29, 1.82) is 0 Å². The molecular formula is C20H18BrN3O3. The minimum Gasteiger partial charge on any atom is -0.361 e. The average molecular weight is 428 g/mol. The largest absolute Gasteiger partial charge is 0.361 e. The summed E-state index contributed by atoms with van der Waals surface area (Å²) in [5.74, 6) is -1.72. The number of fused-ring (bicyclic) bond motifs is 1. The summed E-state index contributed by atoms with van der Waals surface area (Å²) >= 11 is 3.28. The van der Waals surface area contributed by atoms with Crippen molar-refractivity contribution in [3.63, 3.8) is 0 Å². The van der Waals surface area contributed by atoms with Crippen LogP contribution in [0.25, 0.3) is 10.9 Å². The Kier molecular flexibility index (Phi) is 5.71. The summed E-state index contributed by atoms with van der Waals surface area (Å²) in [6, 6.07) is 12.7. The summed E-state index contributed by atoms with van der Waals surface area (Å²) in [4.78, 5) is 39.3. The van der Waals surface area contributed by atoms with Crippen LogP contribution in [0.15, 0.2) is 53.1 Å². The predicted octanol–water partition coefficient (Wildman–Crippen LogP) is 3.43. The molecule has 0 aliphatic heterocycles. The van der Waals surface area contributed by atoms with Crippen LogP contribution >= 0.6 is 15.9 Å². The molecule has 1 heterocycles. The fourth-order valence-electron chi connectivity index (χ4n) is 2.85. The molecule has 0 saturated heterocycles. The molecule has 0 aliphatic carbocycles. The van der Waals surface area contributed by atoms with E-state index in [2.05, 4.69) is 31.5 Å². The quantitative estimate of drug-likeness (QED) is 0.415. The molecule has 0 unspecified atom stereocenters. The van der Waals surface area contributed by atoms with Crippen molar-refractivity contribution in [3.05, 3.63) is 64.3 Å². The number of para-hydroxylation sites is 1. The minimum atomic E-state index is -0.709. The summed E-state index contributed by atoms with van der Waals surface area (Å²) in [6.07, 6.45) is 2.50. The maximum atomic E-state index is 12.5. The number of hydrogen-bond donors (Lipinski definition) is 3. The Morgan fingerprint density at radius 1 is 1.11 bits per heavy atom. The van der Waals surface area contributed by atoms with E-state index in [1.165, 1.54) is 13.0 Å². The first-order valence-corrected chi connectivity index (χ1v) is 9.19. The van der Waals surface area contributed by atoms with Crippen LogP contribution in [-0.2, 0) is 16.0 Å². The summed E-state index contributed by atoms with van der Waals surface area (Å²) in [6.45, 7) is 1.67. The van der Waals surface area contributed by atoms with Crippen molar-refractivity contribution < 1.29 is 14.4 Å². The van der Waals surface area contributed by atoms with Crippen LogP contribution < -0.4 is 10.6 Å². The number of halogens is 1. The highest BCUT2D eigenvalue weighted by molar-refractivity contribution is 9.10. The van der Waals surface area contributed by atoms with E-state index in [1.807, 2.05) is 30.5 Å². The van der Waals surface area contributed by atoms with Crippen LogP contribution in [0.4, 0.5) is 5.69 Å². The Bertz CT molecular complexity index is 1030. The molecule has 6 nitrogen and oxygen atoms in total. The second kappa shape index (κ2) is 8.18. The van der Waals surface area contributed by atoms with Gasteiger partial charge in [-0.15, -0.1) is 0 Å². The number of anilines is 1. The van der Waals surface area contributed by atoms with E-state index in [4.69, 9.17) is 0 Å². The van der Waals surface area contributed by atoms with Crippen LogP contribution in [0, 0.1) is 0 Å². The summed E-state index contributed by atoms with van der Waals surface area (Å²) in [5, 5.41) is 6.32. The van der Waals surface area contributed by atoms with Crippen molar-refractivity contribution in [3.8, 4) is 0 Å². The molecule has 2 amide bonds. The molecule has 0 spiro atoms. The first kappa shape index (κ1) is 18.8. The van der Waals surface area contributed by atoms with Crippen molar-refractivity contribution in [2.45, 2.75) is 13.3 Å². The van der Waals surface area contributed by atoms with Gasteiger partial charge in [0.25, 0.3) is 11.7 Å². The van der Waals surface area contributed by atoms with Crippen molar-refractivity contribution in [2.75, 3.05) is 11.9 Å². The minimum absolute atomic E-state index is 0.143. The molecule has 3 N–H and O–H groups in total. The number of Topliss-reactive ketones (excluding diaryl/α,β-unsaturated/α-hetero) is 1. The second-order valence-electron chi connectivity index (χ2n) is 6.07. The Balaban J connectivity index is 1.67. The average Bonchev–Trinajstić information content (AvgIpc) is 3.05. The molecule has 3 aromatic rings. The van der Waals surface area contributed by atoms with Crippen LogP contribution in [-0.4, -0.2) is 29.1 Å². The summed E-state index contributed by atoms with van der Waals surface area (Å²) in [5.41, 5.74) is 2.55. The van der Waals surface area contributed by atoms with Gasteiger partial charge in [0.2, 0.25) is 5.91 Å². The van der Waals surface area contributed by atoms with Gasteiger partial charge in [0.15, 0.2) is 0 Å². The standard InChI is InChI=1S/C20H18BrN3O3/c1-12(25)24-18-7-6-14(21)10-16(18)19(26)20(27)22-9-8-13-11-23-17-5-3-2-4-15(13)17/h2-7,10-11,23H,8-9H2,1H3,(H,22,27)(H,24,25). The summed E-state index contributed by atoms with van der Waals surface area (Å²) < 4.78 is 0.645. The number of nitrogens with one attached hydrogen (secondary N) is 3. The molecule has 3 rings (SSSR count). The Hall–Kier alpha value is -2.93. The highest BCUT2D eigenvalue weighted by atomic mass is 79.9. The SMILES string of the molecule is CC(=O)Nc1ccc(Br)cc1C(=O)C(=O)NCCc1c[nH]c2ccccc12. The fourth-order valence-corrected chi connectivity index (χ4v) is 3.22. The molecule has 138 valence electrons. The van der Waals surface area contributed by atoms with Gasteiger partial charge in [0.1, 0.15) is 0 Å². The molecule has 0 aliphatic rings. The molecule has 27 heavy (non-hydrogen) atoms. The topological polar surface area (TPSA) is 91.1 Å². The lowest BCUT2D eigenvalue weighted by Crippen LogP contribution is -2.33. The highest BCUT2D eigenvalue weighted by Gasteiger charge is 2.20. The first-order valence-electron chi connectivity index (χ1n) is 8.40. The Morgan fingerprint density at radius 3 is 2.67 bits per heavy atom. The van der Waals surface area contributed by atoms with Gasteiger partial charge in [-0.05, 0) is 36.2 Å². The van der Waals surface area contributed by atoms with Crippen LogP contribution in [0.5, 0.6) is 0 Å². The highest BCUT2D eigenvalue weighted by Crippen LogP contribution is 2.22. The van der Waals surface area contributed by atoms with Gasteiger partial charge in [-0.2, -0.15) is 0 Å². The van der Waals surface area contributed by atoms with Gasteiger partial charge < -0.3 is 15.6 Å². The number of carbonyl (C=O) groups excluding carboxylic acids is 3. The van der Waals surface area contributed by atoms with Crippen molar-refractivity contribution in [2.24, 2.45) is 0 Å². The first-order chi connectivity index (χ1) is 13.0. The number of rotatable bonds is 6. The van der Waals surface area contributed by atoms with E-state index in [1.54, 1.807) is 12.1 Å². The van der Waals surface area contributed by atoms with Gasteiger partial charge in [0, 0.05) is 35.0 Å². The normalized spacial score (nSPS) is 10.6. The number of carbonyl (C=O) groups is 3. The lowest BCUT2D eigenvalue weighted by atomic mass is 10.1. The third-order valence-corrected chi connectivity index (χ3v) is 4.59. The van der Waals surface area contributed by atoms with E-state index >= 15 is 0 Å². The molecule has 0 saturated carbocycles. The van der Waals surface area contributed by atoms with Crippen LogP contribution in [0.3, 0.4) is 0 Å². The van der Waals surface area contributed by atoms with Gasteiger partial charge in [-0.25, -0.2) is 0 Å². The van der Waals surface area contributed by atoms with Crippen molar-refractivity contribution >= 4 is 50.1 Å². The third kappa shape index (κ3) is 4.43. The number of amides is 2. The monoisotopic (exact) mass is 427 g/mol. The zero-order valence-corrected chi connectivity index (χ0v) is 16.2. The van der Waals surface area contributed by atoms with Gasteiger partial charge in [-0.1, -0.05) is 34.1 Å². The molecule has 0 atom stereocenters. The third-order valence-electron chi connectivity index (χ3n) is 4.10. The van der Waals surface area contributed by atoms with Crippen LogP contribution in [0.2, 0.25) is 0 Å². The second-order valence-corrected chi connectivity index (χ2v) is 6.98. The molecular weight excluding hydrogens is 410 g/mol. The number of hydrogen-bond acceptors (Lipinski definition) is 3. The molecule has 0 fully saturated rings. The lowest BCUT2D eigenvalue weighted by Gasteiger charge is -2.10. The fraction of sp³-hybridized carbons (Fsp3) is 0.150. The van der Waals surface area contributed by atoms with Crippen molar-refractivity contribution in [1.82, 2.24) is 10.3 Å². The van der Waals surface area contributed by atoms with Crippen LogP contribution in [0.1, 0.15) is 22.8 Å². The number of aromatic nitrogens is 1. The van der Waals surface area contributed by atoms with Gasteiger partial charge >= 0.3 is 0 Å². The van der Waals surface area contributed by atoms with E-state index in [0.717, 1.165) is 16.5 Å². The van der Waals surface area contributed by atoms with Gasteiger partial charge in [0.05, 0.1) is 11.3 Å². The van der Waals surface area contributed by atoms with E-state index in [0.29, 0.717) is 23.1 Å². The predicted molar refractivity (Wildman–Crippen MR) is 108 cm³/mol. The maximum Gasteiger partial charge on any atom is 0.292 e. The zero-order chi connectivity index (χ0) is 19.4. The number of aromatic amines is 1. The zero-order valence-electron chi connectivity index (χ0n) is 14.6.